The number of thioether (sulfide) groups is 1. The summed E-state index contributed by atoms with van der Waals surface area (Å²) in [4.78, 5) is 11.5. The second kappa shape index (κ2) is 6.66. The maximum absolute atomic E-state index is 11.5. The molecule has 1 rings (SSSR count). The smallest absolute Gasteiger partial charge is 0.225 e. The van der Waals surface area contributed by atoms with Crippen LogP contribution in [0.15, 0.2) is 18.2 Å². The Morgan fingerprint density at radius 2 is 2.31 bits per heavy atom. The number of amides is 1. The van der Waals surface area contributed by atoms with Crippen molar-refractivity contribution in [2.75, 3.05) is 22.6 Å². The largest absolute Gasteiger partial charge is 0.397 e. The van der Waals surface area contributed by atoms with Gasteiger partial charge in [-0.15, -0.1) is 0 Å². The lowest BCUT2D eigenvalue weighted by Crippen LogP contribution is -2.13. The van der Waals surface area contributed by atoms with E-state index in [9.17, 15) is 4.79 Å². The zero-order chi connectivity index (χ0) is 12.0. The summed E-state index contributed by atoms with van der Waals surface area (Å²) in [5.41, 5.74) is 6.83. The lowest BCUT2D eigenvalue weighted by atomic mass is 10.2. The summed E-state index contributed by atoms with van der Waals surface area (Å²) in [5.74, 6) is 1.81. The molecule has 0 saturated heterocycles. The molecule has 3 nitrogen and oxygen atoms in total. The molecule has 1 aromatic carbocycles. The Labute approximate surface area is 105 Å². The van der Waals surface area contributed by atoms with E-state index in [4.69, 9.17) is 17.3 Å². The maximum Gasteiger partial charge on any atom is 0.225 e. The van der Waals surface area contributed by atoms with E-state index < -0.39 is 0 Å². The first-order valence-corrected chi connectivity index (χ1v) is 6.59. The Morgan fingerprint density at radius 3 is 3.00 bits per heavy atom. The number of rotatable bonds is 5. The average molecular weight is 259 g/mol. The maximum atomic E-state index is 11.5. The topological polar surface area (TPSA) is 55.1 Å². The van der Waals surface area contributed by atoms with Crippen LogP contribution in [0.3, 0.4) is 0 Å². The molecule has 0 aliphatic carbocycles. The standard InChI is InChI=1S/C11H15ClN2OS/c1-2-16-6-5-11(15)14-10-7-8(12)3-4-9(10)13/h3-4,7H,2,5-6,13H2,1H3,(H,14,15). The lowest BCUT2D eigenvalue weighted by Gasteiger charge is -2.08. The average Bonchev–Trinajstić information content (AvgIpc) is 2.24. The molecule has 0 aliphatic rings. The van der Waals surface area contributed by atoms with Gasteiger partial charge in [0.2, 0.25) is 5.91 Å². The molecule has 0 saturated carbocycles. The van der Waals surface area contributed by atoms with Gasteiger partial charge < -0.3 is 11.1 Å². The fourth-order valence-corrected chi connectivity index (χ4v) is 1.95. The minimum Gasteiger partial charge on any atom is -0.397 e. The van der Waals surface area contributed by atoms with Gasteiger partial charge in [0.1, 0.15) is 0 Å². The number of halogens is 1. The number of nitrogens with one attached hydrogen (secondary N) is 1. The third-order valence-electron chi connectivity index (χ3n) is 1.97. The van der Waals surface area contributed by atoms with Crippen LogP contribution in [0.2, 0.25) is 5.02 Å². The molecule has 3 N–H and O–H groups in total. The first-order valence-electron chi connectivity index (χ1n) is 5.06. The van der Waals surface area contributed by atoms with Crippen LogP contribution in [0.1, 0.15) is 13.3 Å². The highest BCUT2D eigenvalue weighted by Crippen LogP contribution is 2.23. The van der Waals surface area contributed by atoms with Gasteiger partial charge in [-0.3, -0.25) is 4.79 Å². The van der Waals surface area contributed by atoms with Crippen molar-refractivity contribution in [2.24, 2.45) is 0 Å². The highest BCUT2D eigenvalue weighted by Gasteiger charge is 2.05. The molecule has 16 heavy (non-hydrogen) atoms. The quantitative estimate of drug-likeness (QED) is 0.631. The molecule has 0 radical (unpaired) electrons. The number of nitrogen functional groups attached to an aromatic ring is 1. The minimum absolute atomic E-state index is 0.0325. The number of carbonyl (C=O) groups is 1. The third-order valence-corrected chi connectivity index (χ3v) is 3.10. The number of benzene rings is 1. The van der Waals surface area contributed by atoms with Crippen molar-refractivity contribution in [2.45, 2.75) is 13.3 Å². The fourth-order valence-electron chi connectivity index (χ4n) is 1.16. The van der Waals surface area contributed by atoms with E-state index in [-0.39, 0.29) is 5.91 Å². The number of hydrogen-bond acceptors (Lipinski definition) is 3. The summed E-state index contributed by atoms with van der Waals surface area (Å²) in [7, 11) is 0. The number of carbonyl (C=O) groups excluding carboxylic acids is 1. The Balaban J connectivity index is 2.52. The second-order valence-electron chi connectivity index (χ2n) is 3.23. The van der Waals surface area contributed by atoms with E-state index in [0.29, 0.717) is 22.8 Å². The van der Waals surface area contributed by atoms with Crippen molar-refractivity contribution in [3.05, 3.63) is 23.2 Å². The predicted octanol–water partition coefficient (Wildman–Crippen LogP) is 3.00. The van der Waals surface area contributed by atoms with Gasteiger partial charge in [-0.2, -0.15) is 11.8 Å². The third kappa shape index (κ3) is 4.33. The summed E-state index contributed by atoms with van der Waals surface area (Å²) >= 11 is 7.55. The molecule has 0 heterocycles. The highest BCUT2D eigenvalue weighted by molar-refractivity contribution is 7.99. The van der Waals surface area contributed by atoms with E-state index >= 15 is 0 Å². The lowest BCUT2D eigenvalue weighted by molar-refractivity contribution is -0.115. The predicted molar refractivity (Wildman–Crippen MR) is 72.1 cm³/mol. The van der Waals surface area contributed by atoms with Gasteiger partial charge >= 0.3 is 0 Å². The van der Waals surface area contributed by atoms with Crippen LogP contribution < -0.4 is 11.1 Å². The van der Waals surface area contributed by atoms with Crippen molar-refractivity contribution in [3.8, 4) is 0 Å². The van der Waals surface area contributed by atoms with Gasteiger partial charge in [-0.05, 0) is 24.0 Å². The minimum atomic E-state index is -0.0325. The SMILES string of the molecule is CCSCCC(=O)Nc1cc(Cl)ccc1N. The van der Waals surface area contributed by atoms with E-state index in [0.717, 1.165) is 11.5 Å². The molecule has 0 unspecified atom stereocenters. The van der Waals surface area contributed by atoms with E-state index in [2.05, 4.69) is 12.2 Å². The van der Waals surface area contributed by atoms with Crippen LogP contribution in [-0.4, -0.2) is 17.4 Å². The van der Waals surface area contributed by atoms with Crippen molar-refractivity contribution >= 4 is 40.6 Å². The molecule has 1 amide bonds. The summed E-state index contributed by atoms with van der Waals surface area (Å²) in [6.45, 7) is 2.07. The normalized spacial score (nSPS) is 10.1. The zero-order valence-electron chi connectivity index (χ0n) is 9.13. The monoisotopic (exact) mass is 258 g/mol. The van der Waals surface area contributed by atoms with E-state index in [1.54, 1.807) is 30.0 Å². The summed E-state index contributed by atoms with van der Waals surface area (Å²) in [6, 6.07) is 5.03. The van der Waals surface area contributed by atoms with Crippen LogP contribution >= 0.6 is 23.4 Å². The number of hydrogen-bond donors (Lipinski definition) is 2. The van der Waals surface area contributed by atoms with Crippen LogP contribution in [0.5, 0.6) is 0 Å². The van der Waals surface area contributed by atoms with Gasteiger partial charge in [-0.25, -0.2) is 0 Å². The molecule has 0 bridgehead atoms. The van der Waals surface area contributed by atoms with Gasteiger partial charge in [0.15, 0.2) is 0 Å². The van der Waals surface area contributed by atoms with E-state index in [1.165, 1.54) is 0 Å². The van der Waals surface area contributed by atoms with Gasteiger partial charge in [0, 0.05) is 17.2 Å². The Hall–Kier alpha value is -0.870. The van der Waals surface area contributed by atoms with Crippen molar-refractivity contribution in [1.82, 2.24) is 0 Å². The van der Waals surface area contributed by atoms with Crippen molar-refractivity contribution in [3.63, 3.8) is 0 Å². The second-order valence-corrected chi connectivity index (χ2v) is 5.06. The summed E-state index contributed by atoms with van der Waals surface area (Å²) in [5, 5.41) is 3.31. The van der Waals surface area contributed by atoms with Gasteiger partial charge in [0.05, 0.1) is 11.4 Å². The molecular formula is C11H15ClN2OS. The van der Waals surface area contributed by atoms with Crippen LogP contribution in [0.25, 0.3) is 0 Å². The number of anilines is 2. The summed E-state index contributed by atoms with van der Waals surface area (Å²) < 4.78 is 0. The van der Waals surface area contributed by atoms with Gasteiger partial charge in [0.25, 0.3) is 0 Å². The Kier molecular flexibility index (Phi) is 5.49. The van der Waals surface area contributed by atoms with Crippen LogP contribution in [0, 0.1) is 0 Å². The van der Waals surface area contributed by atoms with Crippen molar-refractivity contribution in [1.29, 1.82) is 0 Å². The Morgan fingerprint density at radius 1 is 1.56 bits per heavy atom. The molecule has 88 valence electrons. The van der Waals surface area contributed by atoms with Crippen molar-refractivity contribution < 1.29 is 4.79 Å². The zero-order valence-corrected chi connectivity index (χ0v) is 10.7. The van der Waals surface area contributed by atoms with Crippen LogP contribution in [-0.2, 0) is 4.79 Å². The molecule has 0 aromatic heterocycles. The fraction of sp³-hybridized carbons (Fsp3) is 0.364. The van der Waals surface area contributed by atoms with Gasteiger partial charge in [-0.1, -0.05) is 18.5 Å². The molecule has 0 atom stereocenters. The van der Waals surface area contributed by atoms with E-state index in [1.807, 2.05) is 0 Å². The summed E-state index contributed by atoms with van der Waals surface area (Å²) in [6.07, 6.45) is 0.491. The molecular weight excluding hydrogens is 244 g/mol. The first kappa shape index (κ1) is 13.2. The van der Waals surface area contributed by atoms with Crippen LogP contribution in [0.4, 0.5) is 11.4 Å². The highest BCUT2D eigenvalue weighted by atomic mass is 35.5. The molecule has 0 aliphatic heterocycles. The number of nitrogens with two attached hydrogens (primary N) is 1. The first-order chi connectivity index (χ1) is 7.63. The molecule has 0 spiro atoms. The molecule has 1 aromatic rings. The Bertz CT molecular complexity index is 371. The molecule has 0 fully saturated rings. The molecule has 5 heteroatoms.